The number of hydrogen-bond acceptors (Lipinski definition) is 4. The molecule has 0 saturated carbocycles. The quantitative estimate of drug-likeness (QED) is 0.657. The van der Waals surface area contributed by atoms with Crippen LogP contribution in [0.15, 0.2) is 35.1 Å². The Kier molecular flexibility index (Phi) is 5.87. The molecule has 1 aromatic carbocycles. The van der Waals surface area contributed by atoms with E-state index in [1.165, 1.54) is 0 Å². The lowest BCUT2D eigenvalue weighted by Crippen LogP contribution is -2.01. The lowest BCUT2D eigenvalue weighted by Gasteiger charge is -2.15. The maximum absolute atomic E-state index is 5.86. The largest absolute Gasteiger partial charge is 0.493 e. The maximum Gasteiger partial charge on any atom is 0.203 e. The Labute approximate surface area is 140 Å². The number of alkyl halides is 1. The summed E-state index contributed by atoms with van der Waals surface area (Å²) in [6.45, 7) is 0.382. The predicted molar refractivity (Wildman–Crippen MR) is 88.4 cm³/mol. The van der Waals surface area contributed by atoms with Gasteiger partial charge >= 0.3 is 0 Å². The van der Waals surface area contributed by atoms with E-state index < -0.39 is 0 Å². The van der Waals surface area contributed by atoms with Crippen LogP contribution in [0.5, 0.6) is 17.2 Å². The van der Waals surface area contributed by atoms with Crippen LogP contribution < -0.4 is 14.2 Å². The Hall–Kier alpha value is -1.27. The lowest BCUT2D eigenvalue weighted by atomic mass is 10.2. The van der Waals surface area contributed by atoms with Gasteiger partial charge in [0, 0.05) is 27.8 Å². The monoisotopic (exact) mass is 415 g/mol. The van der Waals surface area contributed by atoms with Crippen LogP contribution in [0.1, 0.15) is 11.1 Å². The molecule has 0 spiro atoms. The first kappa shape index (κ1) is 16.1. The van der Waals surface area contributed by atoms with Crippen molar-refractivity contribution >= 4 is 31.9 Å². The Balaban J connectivity index is 2.26. The first-order chi connectivity index (χ1) is 10.2. The van der Waals surface area contributed by atoms with Crippen LogP contribution >= 0.6 is 31.9 Å². The first-order valence-electron chi connectivity index (χ1n) is 6.21. The number of hydrogen-bond donors (Lipinski definition) is 0. The van der Waals surface area contributed by atoms with E-state index in [0.29, 0.717) is 23.9 Å². The van der Waals surface area contributed by atoms with Crippen molar-refractivity contribution in [2.45, 2.75) is 11.9 Å². The van der Waals surface area contributed by atoms with Crippen LogP contribution in [0.2, 0.25) is 0 Å². The zero-order chi connectivity index (χ0) is 15.2. The zero-order valence-electron chi connectivity index (χ0n) is 11.7. The Morgan fingerprint density at radius 2 is 1.67 bits per heavy atom. The van der Waals surface area contributed by atoms with Crippen molar-refractivity contribution in [2.24, 2.45) is 0 Å². The minimum atomic E-state index is 0.382. The highest BCUT2D eigenvalue weighted by Gasteiger charge is 2.14. The summed E-state index contributed by atoms with van der Waals surface area (Å²) in [4.78, 5) is 4.11. The van der Waals surface area contributed by atoms with Crippen molar-refractivity contribution in [3.05, 3.63) is 46.2 Å². The highest BCUT2D eigenvalue weighted by atomic mass is 79.9. The van der Waals surface area contributed by atoms with Gasteiger partial charge in [-0.1, -0.05) is 15.9 Å². The Bertz CT molecular complexity index is 595. The van der Waals surface area contributed by atoms with Crippen LogP contribution in [0, 0.1) is 0 Å². The molecule has 0 aliphatic carbocycles. The molecule has 1 aromatic heterocycles. The summed E-state index contributed by atoms with van der Waals surface area (Å²) in [5, 5.41) is 0.718. The third-order valence-electron chi connectivity index (χ3n) is 2.82. The van der Waals surface area contributed by atoms with Gasteiger partial charge in [0.2, 0.25) is 5.75 Å². The van der Waals surface area contributed by atoms with Crippen LogP contribution in [0.25, 0.3) is 0 Å². The SMILES string of the molecule is COc1cc(CBr)cc(OC)c1OCc1cncc(Br)c1. The summed E-state index contributed by atoms with van der Waals surface area (Å²) in [6, 6.07) is 5.80. The second-order valence-electron chi connectivity index (χ2n) is 4.26. The van der Waals surface area contributed by atoms with Crippen LogP contribution in [-0.4, -0.2) is 19.2 Å². The molecule has 21 heavy (non-hydrogen) atoms. The van der Waals surface area contributed by atoms with Gasteiger partial charge in [-0.25, -0.2) is 0 Å². The average molecular weight is 417 g/mol. The summed E-state index contributed by atoms with van der Waals surface area (Å²) in [7, 11) is 3.22. The van der Waals surface area contributed by atoms with E-state index in [4.69, 9.17) is 14.2 Å². The number of ether oxygens (including phenoxy) is 3. The minimum absolute atomic E-state index is 0.382. The summed E-state index contributed by atoms with van der Waals surface area (Å²) >= 11 is 6.82. The summed E-state index contributed by atoms with van der Waals surface area (Å²) in [6.07, 6.45) is 3.49. The van der Waals surface area contributed by atoms with E-state index in [1.54, 1.807) is 26.6 Å². The van der Waals surface area contributed by atoms with Crippen molar-refractivity contribution in [2.75, 3.05) is 14.2 Å². The normalized spacial score (nSPS) is 10.3. The molecule has 0 N–H and O–H groups in total. The molecule has 0 unspecified atom stereocenters. The van der Waals surface area contributed by atoms with Gasteiger partial charge in [-0.3, -0.25) is 4.98 Å². The molecule has 2 rings (SSSR count). The van der Waals surface area contributed by atoms with Crippen molar-refractivity contribution in [1.29, 1.82) is 0 Å². The van der Waals surface area contributed by atoms with Gasteiger partial charge in [0.25, 0.3) is 0 Å². The molecule has 0 bridgehead atoms. The highest BCUT2D eigenvalue weighted by molar-refractivity contribution is 9.10. The van der Waals surface area contributed by atoms with Crippen LogP contribution in [0.4, 0.5) is 0 Å². The van der Waals surface area contributed by atoms with E-state index in [2.05, 4.69) is 36.8 Å². The molecule has 112 valence electrons. The molecular weight excluding hydrogens is 402 g/mol. The Morgan fingerprint density at radius 3 is 2.19 bits per heavy atom. The third-order valence-corrected chi connectivity index (χ3v) is 3.90. The average Bonchev–Trinajstić information content (AvgIpc) is 2.52. The van der Waals surface area contributed by atoms with Crippen molar-refractivity contribution in [3.63, 3.8) is 0 Å². The number of nitrogens with zero attached hydrogens (tertiary/aromatic N) is 1. The fourth-order valence-electron chi connectivity index (χ4n) is 1.84. The van der Waals surface area contributed by atoms with E-state index in [0.717, 1.165) is 20.9 Å². The highest BCUT2D eigenvalue weighted by Crippen LogP contribution is 2.39. The third kappa shape index (κ3) is 4.11. The van der Waals surface area contributed by atoms with Crippen molar-refractivity contribution in [1.82, 2.24) is 4.98 Å². The molecule has 0 atom stereocenters. The summed E-state index contributed by atoms with van der Waals surface area (Å²) in [5.74, 6) is 1.88. The molecular formula is C15H15Br2NO3. The summed E-state index contributed by atoms with van der Waals surface area (Å²) < 4.78 is 17.6. The van der Waals surface area contributed by atoms with E-state index in [9.17, 15) is 0 Å². The Morgan fingerprint density at radius 1 is 1.00 bits per heavy atom. The predicted octanol–water partition coefficient (Wildman–Crippen LogP) is 4.34. The molecule has 6 heteroatoms. The number of benzene rings is 1. The summed E-state index contributed by atoms with van der Waals surface area (Å²) in [5.41, 5.74) is 2.01. The minimum Gasteiger partial charge on any atom is -0.493 e. The van der Waals surface area contributed by atoms with Crippen molar-refractivity contribution in [3.8, 4) is 17.2 Å². The van der Waals surface area contributed by atoms with Gasteiger partial charge in [-0.2, -0.15) is 0 Å². The number of halogens is 2. The van der Waals surface area contributed by atoms with Gasteiger partial charge in [0.1, 0.15) is 6.61 Å². The molecule has 0 aliphatic rings. The van der Waals surface area contributed by atoms with Gasteiger partial charge in [0.15, 0.2) is 11.5 Å². The van der Waals surface area contributed by atoms with Gasteiger partial charge in [0.05, 0.1) is 14.2 Å². The first-order valence-corrected chi connectivity index (χ1v) is 8.12. The number of pyridine rings is 1. The standard InChI is InChI=1S/C15H15Br2NO3/c1-19-13-4-10(6-16)5-14(20-2)15(13)21-9-11-3-12(17)8-18-7-11/h3-5,7-8H,6,9H2,1-2H3. The molecule has 0 radical (unpaired) electrons. The van der Waals surface area contributed by atoms with Gasteiger partial charge < -0.3 is 14.2 Å². The maximum atomic E-state index is 5.86. The molecule has 0 saturated heterocycles. The van der Waals surface area contributed by atoms with E-state index in [1.807, 2.05) is 18.2 Å². The number of aromatic nitrogens is 1. The fourth-order valence-corrected chi connectivity index (χ4v) is 2.58. The van der Waals surface area contributed by atoms with Gasteiger partial charge in [-0.15, -0.1) is 0 Å². The lowest BCUT2D eigenvalue weighted by molar-refractivity contribution is 0.265. The molecule has 4 nitrogen and oxygen atoms in total. The van der Waals surface area contributed by atoms with E-state index in [-0.39, 0.29) is 0 Å². The number of methoxy groups -OCH3 is 2. The smallest absolute Gasteiger partial charge is 0.203 e. The van der Waals surface area contributed by atoms with Crippen LogP contribution in [-0.2, 0) is 11.9 Å². The topological polar surface area (TPSA) is 40.6 Å². The molecule has 1 heterocycles. The van der Waals surface area contributed by atoms with Gasteiger partial charge in [-0.05, 0) is 39.7 Å². The van der Waals surface area contributed by atoms with Crippen molar-refractivity contribution < 1.29 is 14.2 Å². The molecule has 0 amide bonds. The zero-order valence-corrected chi connectivity index (χ0v) is 14.9. The number of rotatable bonds is 6. The molecule has 0 aliphatic heterocycles. The van der Waals surface area contributed by atoms with E-state index >= 15 is 0 Å². The molecule has 0 fully saturated rings. The molecule has 2 aromatic rings. The second-order valence-corrected chi connectivity index (χ2v) is 5.74. The fraction of sp³-hybridized carbons (Fsp3) is 0.267. The van der Waals surface area contributed by atoms with Crippen LogP contribution in [0.3, 0.4) is 0 Å². The second kappa shape index (κ2) is 7.66.